The first-order valence-electron chi connectivity index (χ1n) is 4.23. The van der Waals surface area contributed by atoms with E-state index in [9.17, 15) is 4.79 Å². The zero-order valence-corrected chi connectivity index (χ0v) is 9.19. The third-order valence-electron chi connectivity index (χ3n) is 1.76. The van der Waals surface area contributed by atoms with Gasteiger partial charge in [-0.2, -0.15) is 0 Å². The molecule has 1 heterocycles. The van der Waals surface area contributed by atoms with Gasteiger partial charge in [-0.05, 0) is 24.3 Å². The van der Waals surface area contributed by atoms with Crippen LogP contribution in [0, 0.1) is 0 Å². The van der Waals surface area contributed by atoms with Crippen LogP contribution in [0.3, 0.4) is 0 Å². The summed E-state index contributed by atoms with van der Waals surface area (Å²) in [6.45, 7) is 0. The van der Waals surface area contributed by atoms with Crippen LogP contribution in [0.5, 0.6) is 0 Å². The number of amides is 1. The Balaban J connectivity index is 2.09. The molecule has 0 saturated carbocycles. The van der Waals surface area contributed by atoms with Gasteiger partial charge in [0.15, 0.2) is 0 Å². The van der Waals surface area contributed by atoms with Crippen molar-refractivity contribution in [3.8, 4) is 0 Å². The summed E-state index contributed by atoms with van der Waals surface area (Å²) in [7, 11) is 0. The second-order valence-electron chi connectivity index (χ2n) is 2.84. The van der Waals surface area contributed by atoms with Gasteiger partial charge in [0.25, 0.3) is 5.91 Å². The van der Waals surface area contributed by atoms with Gasteiger partial charge >= 0.3 is 0 Å². The first kappa shape index (κ1) is 9.92. The van der Waals surface area contributed by atoms with Crippen LogP contribution in [-0.2, 0) is 0 Å². The third kappa shape index (κ3) is 2.44. The van der Waals surface area contributed by atoms with Crippen molar-refractivity contribution in [1.82, 2.24) is 5.16 Å². The monoisotopic (exact) mass is 266 g/mol. The summed E-state index contributed by atoms with van der Waals surface area (Å²) < 4.78 is 5.68. The maximum Gasteiger partial charge on any atom is 0.294 e. The SMILES string of the molecule is O=C(Nc1ccc(Br)cc1)c1ccno1. The summed E-state index contributed by atoms with van der Waals surface area (Å²) >= 11 is 3.31. The molecule has 0 bridgehead atoms. The summed E-state index contributed by atoms with van der Waals surface area (Å²) in [6.07, 6.45) is 1.43. The minimum atomic E-state index is -0.310. The Bertz CT molecular complexity index is 451. The van der Waals surface area contributed by atoms with Crippen LogP contribution >= 0.6 is 15.9 Å². The number of nitrogens with one attached hydrogen (secondary N) is 1. The van der Waals surface area contributed by atoms with Crippen molar-refractivity contribution in [2.45, 2.75) is 0 Å². The van der Waals surface area contributed by atoms with E-state index in [4.69, 9.17) is 4.52 Å². The van der Waals surface area contributed by atoms with Crippen LogP contribution in [0.1, 0.15) is 10.6 Å². The highest BCUT2D eigenvalue weighted by Gasteiger charge is 2.09. The molecule has 0 aliphatic heterocycles. The average molecular weight is 267 g/mol. The van der Waals surface area contributed by atoms with Gasteiger partial charge in [-0.3, -0.25) is 4.79 Å². The van der Waals surface area contributed by atoms with E-state index in [1.54, 1.807) is 12.1 Å². The van der Waals surface area contributed by atoms with Gasteiger partial charge < -0.3 is 9.84 Å². The molecule has 2 aromatic rings. The van der Waals surface area contributed by atoms with E-state index < -0.39 is 0 Å². The van der Waals surface area contributed by atoms with Gasteiger partial charge in [0, 0.05) is 16.2 Å². The number of anilines is 1. The van der Waals surface area contributed by atoms with Crippen LogP contribution in [0.25, 0.3) is 0 Å². The number of halogens is 1. The third-order valence-corrected chi connectivity index (χ3v) is 2.29. The topological polar surface area (TPSA) is 55.1 Å². The Morgan fingerprint density at radius 2 is 2.00 bits per heavy atom. The van der Waals surface area contributed by atoms with E-state index in [-0.39, 0.29) is 11.7 Å². The largest absolute Gasteiger partial charge is 0.351 e. The highest BCUT2D eigenvalue weighted by Crippen LogP contribution is 2.14. The van der Waals surface area contributed by atoms with Gasteiger partial charge in [0.05, 0.1) is 6.20 Å². The van der Waals surface area contributed by atoms with Gasteiger partial charge in [0.2, 0.25) is 5.76 Å². The lowest BCUT2D eigenvalue weighted by atomic mass is 10.3. The van der Waals surface area contributed by atoms with Crippen molar-refractivity contribution in [2.75, 3.05) is 5.32 Å². The molecule has 1 amide bonds. The second-order valence-corrected chi connectivity index (χ2v) is 3.75. The van der Waals surface area contributed by atoms with Crippen molar-refractivity contribution in [2.24, 2.45) is 0 Å². The van der Waals surface area contributed by atoms with Crippen LogP contribution in [0.2, 0.25) is 0 Å². The molecule has 0 atom stereocenters. The lowest BCUT2D eigenvalue weighted by Gasteiger charge is -2.01. The quantitative estimate of drug-likeness (QED) is 0.910. The molecule has 5 heteroatoms. The summed E-state index contributed by atoms with van der Waals surface area (Å²) in [5.41, 5.74) is 0.708. The Kier molecular flexibility index (Phi) is 2.82. The number of carbonyl (C=O) groups excluding carboxylic acids is 1. The van der Waals surface area contributed by atoms with Crippen LogP contribution < -0.4 is 5.32 Å². The molecule has 4 nitrogen and oxygen atoms in total. The summed E-state index contributed by atoms with van der Waals surface area (Å²) in [4.78, 5) is 11.5. The smallest absolute Gasteiger partial charge is 0.294 e. The standard InChI is InChI=1S/C10H7BrN2O2/c11-7-1-3-8(4-2-7)13-10(14)9-5-6-12-15-9/h1-6H,(H,13,14). The molecular weight excluding hydrogens is 260 g/mol. The summed E-state index contributed by atoms with van der Waals surface area (Å²) in [5.74, 6) is -0.118. The van der Waals surface area contributed by atoms with Crippen molar-refractivity contribution in [3.05, 3.63) is 46.8 Å². The molecule has 0 spiro atoms. The number of nitrogens with zero attached hydrogens (tertiary/aromatic N) is 1. The molecule has 76 valence electrons. The van der Waals surface area contributed by atoms with Gasteiger partial charge in [-0.1, -0.05) is 21.1 Å². The normalized spacial score (nSPS) is 9.93. The van der Waals surface area contributed by atoms with Crippen molar-refractivity contribution >= 4 is 27.5 Å². The zero-order valence-electron chi connectivity index (χ0n) is 7.61. The van der Waals surface area contributed by atoms with Gasteiger partial charge in [0.1, 0.15) is 0 Å². The van der Waals surface area contributed by atoms with E-state index in [0.717, 1.165) is 4.47 Å². The maximum atomic E-state index is 11.5. The summed E-state index contributed by atoms with van der Waals surface area (Å²) in [5, 5.41) is 6.13. The van der Waals surface area contributed by atoms with E-state index in [0.29, 0.717) is 5.69 Å². The summed E-state index contributed by atoms with van der Waals surface area (Å²) in [6, 6.07) is 8.77. The Morgan fingerprint density at radius 3 is 2.60 bits per heavy atom. The predicted octanol–water partition coefficient (Wildman–Crippen LogP) is 2.69. The Labute approximate surface area is 94.4 Å². The Hall–Kier alpha value is -1.62. The molecule has 0 unspecified atom stereocenters. The number of aromatic nitrogens is 1. The highest BCUT2D eigenvalue weighted by atomic mass is 79.9. The van der Waals surface area contributed by atoms with Crippen molar-refractivity contribution in [3.63, 3.8) is 0 Å². The number of rotatable bonds is 2. The van der Waals surface area contributed by atoms with Crippen LogP contribution in [0.4, 0.5) is 5.69 Å². The molecule has 1 aromatic heterocycles. The molecular formula is C10H7BrN2O2. The number of carbonyl (C=O) groups is 1. The molecule has 0 aliphatic carbocycles. The molecule has 1 N–H and O–H groups in total. The van der Waals surface area contributed by atoms with E-state index >= 15 is 0 Å². The van der Waals surface area contributed by atoms with Crippen LogP contribution in [-0.4, -0.2) is 11.1 Å². The molecule has 0 fully saturated rings. The number of benzene rings is 1. The second kappa shape index (κ2) is 4.27. The molecule has 15 heavy (non-hydrogen) atoms. The minimum absolute atomic E-state index is 0.193. The predicted molar refractivity (Wildman–Crippen MR) is 58.6 cm³/mol. The first-order chi connectivity index (χ1) is 7.25. The highest BCUT2D eigenvalue weighted by molar-refractivity contribution is 9.10. The van der Waals surface area contributed by atoms with Crippen molar-refractivity contribution in [1.29, 1.82) is 0 Å². The minimum Gasteiger partial charge on any atom is -0.351 e. The molecule has 0 aliphatic rings. The van der Waals surface area contributed by atoms with E-state index in [1.165, 1.54) is 12.3 Å². The molecule has 0 saturated heterocycles. The fourth-order valence-electron chi connectivity index (χ4n) is 1.06. The fraction of sp³-hybridized carbons (Fsp3) is 0. The fourth-order valence-corrected chi connectivity index (χ4v) is 1.32. The lowest BCUT2D eigenvalue weighted by molar-refractivity contribution is 0.0988. The maximum absolute atomic E-state index is 11.5. The van der Waals surface area contributed by atoms with Gasteiger partial charge in [-0.25, -0.2) is 0 Å². The first-order valence-corrected chi connectivity index (χ1v) is 5.02. The Morgan fingerprint density at radius 1 is 1.27 bits per heavy atom. The lowest BCUT2D eigenvalue weighted by Crippen LogP contribution is -2.10. The van der Waals surface area contributed by atoms with E-state index in [1.807, 2.05) is 12.1 Å². The van der Waals surface area contributed by atoms with Crippen LogP contribution in [0.15, 0.2) is 45.5 Å². The number of hydrogen-bond acceptors (Lipinski definition) is 3. The average Bonchev–Trinajstić information content (AvgIpc) is 2.74. The molecule has 2 rings (SSSR count). The van der Waals surface area contributed by atoms with E-state index in [2.05, 4.69) is 26.4 Å². The zero-order chi connectivity index (χ0) is 10.7. The van der Waals surface area contributed by atoms with Gasteiger partial charge in [-0.15, -0.1) is 0 Å². The number of hydrogen-bond donors (Lipinski definition) is 1. The van der Waals surface area contributed by atoms with Crippen molar-refractivity contribution < 1.29 is 9.32 Å². The molecule has 1 aromatic carbocycles. The molecule has 0 radical (unpaired) electrons.